The van der Waals surface area contributed by atoms with Gasteiger partial charge >= 0.3 is 5.97 Å². The second kappa shape index (κ2) is 9.57. The predicted octanol–water partition coefficient (Wildman–Crippen LogP) is 4.29. The quantitative estimate of drug-likeness (QED) is 0.369. The molecule has 1 unspecified atom stereocenters. The summed E-state index contributed by atoms with van der Waals surface area (Å²) >= 11 is 0. The van der Waals surface area contributed by atoms with Crippen LogP contribution in [0.2, 0.25) is 0 Å². The van der Waals surface area contributed by atoms with Crippen molar-refractivity contribution >= 4 is 5.97 Å². The van der Waals surface area contributed by atoms with E-state index in [-0.39, 0.29) is 5.41 Å². The highest BCUT2D eigenvalue weighted by Gasteiger charge is 2.55. The van der Waals surface area contributed by atoms with Gasteiger partial charge in [0.1, 0.15) is 12.2 Å². The van der Waals surface area contributed by atoms with Crippen LogP contribution >= 0.6 is 0 Å². The average molecular weight is 451 g/mol. The van der Waals surface area contributed by atoms with Crippen molar-refractivity contribution in [1.82, 2.24) is 0 Å². The Balaban J connectivity index is 1.81. The number of carbonyl (C=O) groups is 1. The maximum Gasteiger partial charge on any atom is 0.333 e. The molecule has 1 saturated heterocycles. The second-order valence-electron chi connectivity index (χ2n) is 10.8. The Bertz CT molecular complexity index is 747. The van der Waals surface area contributed by atoms with E-state index in [1.165, 1.54) is 12.0 Å². The number of carbonyl (C=O) groups excluding carboxylic acids is 1. The predicted molar refractivity (Wildman–Crippen MR) is 123 cm³/mol. The molecule has 2 saturated carbocycles. The fraction of sp³-hybridized carbons (Fsp3) is 0.808. The molecule has 6 nitrogen and oxygen atoms in total. The number of ether oxygens (including phenoxy) is 3. The van der Waals surface area contributed by atoms with E-state index in [0.29, 0.717) is 17.4 Å². The van der Waals surface area contributed by atoms with Gasteiger partial charge in [-0.1, -0.05) is 31.6 Å². The average Bonchev–Trinajstić information content (AvgIpc) is 2.73. The Morgan fingerprint density at radius 1 is 1.16 bits per heavy atom. The number of aliphatic hydroxyl groups excluding tert-OH is 2. The van der Waals surface area contributed by atoms with Gasteiger partial charge in [-0.2, -0.15) is 0 Å². The van der Waals surface area contributed by atoms with E-state index in [2.05, 4.69) is 27.4 Å². The normalized spacial score (nSPS) is 45.1. The zero-order valence-corrected chi connectivity index (χ0v) is 20.6. The highest BCUT2D eigenvalue weighted by molar-refractivity contribution is 5.87. The van der Waals surface area contributed by atoms with Gasteiger partial charge in [-0.15, -0.1) is 0 Å². The molecule has 1 aliphatic heterocycles. The molecule has 1 heterocycles. The summed E-state index contributed by atoms with van der Waals surface area (Å²) in [5.74, 6) is 0.226. The molecular weight excluding hydrogens is 408 g/mol. The van der Waals surface area contributed by atoms with E-state index in [4.69, 9.17) is 14.2 Å². The molecular formula is C26H42O6. The van der Waals surface area contributed by atoms with Gasteiger partial charge in [-0.25, -0.2) is 4.79 Å². The fourth-order valence-electron chi connectivity index (χ4n) is 6.09. The topological polar surface area (TPSA) is 85.2 Å². The minimum Gasteiger partial charge on any atom is -0.453 e. The zero-order valence-electron chi connectivity index (χ0n) is 20.6. The van der Waals surface area contributed by atoms with Crippen LogP contribution in [0.15, 0.2) is 23.8 Å². The molecule has 3 rings (SSSR count). The molecule has 0 bridgehead atoms. The lowest BCUT2D eigenvalue weighted by Crippen LogP contribution is -2.62. The first-order chi connectivity index (χ1) is 14.9. The summed E-state index contributed by atoms with van der Waals surface area (Å²) in [6, 6.07) is 0. The van der Waals surface area contributed by atoms with Gasteiger partial charge in [-0.05, 0) is 84.0 Å². The Labute approximate surface area is 193 Å². The number of allylic oxidation sites excluding steroid dienone is 2. The van der Waals surface area contributed by atoms with Gasteiger partial charge in [0.15, 0.2) is 12.4 Å². The number of rotatable bonds is 5. The lowest BCUT2D eigenvalue weighted by Gasteiger charge is -2.57. The van der Waals surface area contributed by atoms with Crippen molar-refractivity contribution in [2.24, 2.45) is 17.3 Å². The molecule has 2 N–H and O–H groups in total. The smallest absolute Gasteiger partial charge is 0.333 e. The van der Waals surface area contributed by atoms with E-state index in [0.717, 1.165) is 32.1 Å². The number of fused-ring (bicyclic) bond motifs is 1. The summed E-state index contributed by atoms with van der Waals surface area (Å²) in [4.78, 5) is 12.3. The Kier molecular flexibility index (Phi) is 7.60. The van der Waals surface area contributed by atoms with E-state index in [9.17, 15) is 15.0 Å². The molecule has 0 aromatic rings. The van der Waals surface area contributed by atoms with Crippen molar-refractivity contribution in [3.63, 3.8) is 0 Å². The van der Waals surface area contributed by atoms with Crippen LogP contribution in [0.4, 0.5) is 0 Å². The van der Waals surface area contributed by atoms with Crippen LogP contribution in [0.5, 0.6) is 0 Å². The van der Waals surface area contributed by atoms with Gasteiger partial charge in [0.05, 0.1) is 11.7 Å². The van der Waals surface area contributed by atoms with Crippen molar-refractivity contribution in [2.45, 2.75) is 116 Å². The van der Waals surface area contributed by atoms with E-state index < -0.39 is 42.3 Å². The number of hydrogen-bond donors (Lipinski definition) is 2. The molecule has 0 amide bonds. The number of hydrogen-bond acceptors (Lipinski definition) is 6. The largest absolute Gasteiger partial charge is 0.453 e. The molecule has 0 aromatic carbocycles. The molecule has 0 radical (unpaired) electrons. The highest BCUT2D eigenvalue weighted by atomic mass is 16.7. The second-order valence-corrected chi connectivity index (χ2v) is 10.8. The van der Waals surface area contributed by atoms with Crippen LogP contribution in [0.1, 0.15) is 80.1 Å². The van der Waals surface area contributed by atoms with Crippen molar-refractivity contribution in [2.75, 3.05) is 0 Å². The van der Waals surface area contributed by atoms with Gasteiger partial charge < -0.3 is 24.4 Å². The SMILES string of the molecule is C=C(C)[C@@H]1CC[C@@]2(C)CCC[C@@](C)(O[C@@H]3O[C@H](C)[C@@H](O)[C@H](OC(=O)/C(C)=C/C)[C@H]3O)C2C1. The van der Waals surface area contributed by atoms with Crippen LogP contribution in [0.25, 0.3) is 0 Å². The molecule has 182 valence electrons. The van der Waals surface area contributed by atoms with E-state index >= 15 is 0 Å². The van der Waals surface area contributed by atoms with Gasteiger partial charge in [0.25, 0.3) is 0 Å². The first-order valence-corrected chi connectivity index (χ1v) is 12.1. The van der Waals surface area contributed by atoms with Gasteiger partial charge in [-0.3, -0.25) is 0 Å². The fourth-order valence-corrected chi connectivity index (χ4v) is 6.09. The third kappa shape index (κ3) is 4.84. The van der Waals surface area contributed by atoms with Crippen molar-refractivity contribution in [3.8, 4) is 0 Å². The van der Waals surface area contributed by atoms with Gasteiger partial charge in [0.2, 0.25) is 0 Å². The van der Waals surface area contributed by atoms with Crippen molar-refractivity contribution in [1.29, 1.82) is 0 Å². The Hall–Kier alpha value is -1.21. The summed E-state index contributed by atoms with van der Waals surface area (Å²) in [6.07, 6.45) is 2.92. The van der Waals surface area contributed by atoms with Crippen LogP contribution in [0, 0.1) is 17.3 Å². The molecule has 2 aliphatic carbocycles. The van der Waals surface area contributed by atoms with E-state index in [1.54, 1.807) is 26.8 Å². The molecule has 0 spiro atoms. The van der Waals surface area contributed by atoms with Crippen LogP contribution < -0.4 is 0 Å². The van der Waals surface area contributed by atoms with Crippen molar-refractivity contribution < 1.29 is 29.2 Å². The van der Waals surface area contributed by atoms with Gasteiger partial charge in [0, 0.05) is 5.57 Å². The summed E-state index contributed by atoms with van der Waals surface area (Å²) in [5, 5.41) is 21.6. The lowest BCUT2D eigenvalue weighted by atomic mass is 9.53. The van der Waals surface area contributed by atoms with Crippen molar-refractivity contribution in [3.05, 3.63) is 23.8 Å². The van der Waals surface area contributed by atoms with Crippen LogP contribution in [-0.2, 0) is 19.0 Å². The minimum atomic E-state index is -1.28. The third-order valence-corrected chi connectivity index (χ3v) is 8.45. The summed E-state index contributed by atoms with van der Waals surface area (Å²) < 4.78 is 18.0. The summed E-state index contributed by atoms with van der Waals surface area (Å²) in [7, 11) is 0. The zero-order chi connectivity index (χ0) is 23.8. The molecule has 3 fully saturated rings. The maximum absolute atomic E-state index is 12.3. The number of aliphatic hydroxyl groups is 2. The summed E-state index contributed by atoms with van der Waals surface area (Å²) in [6.45, 7) is 15.9. The Morgan fingerprint density at radius 3 is 2.47 bits per heavy atom. The summed E-state index contributed by atoms with van der Waals surface area (Å²) in [5.41, 5.74) is 1.34. The third-order valence-electron chi connectivity index (χ3n) is 8.45. The molecule has 3 aliphatic rings. The molecule has 6 heteroatoms. The molecule has 9 atom stereocenters. The van der Waals surface area contributed by atoms with E-state index in [1.807, 2.05) is 0 Å². The Morgan fingerprint density at radius 2 is 1.84 bits per heavy atom. The lowest BCUT2D eigenvalue weighted by molar-refractivity contribution is -0.335. The monoisotopic (exact) mass is 450 g/mol. The molecule has 32 heavy (non-hydrogen) atoms. The number of esters is 1. The van der Waals surface area contributed by atoms with Crippen LogP contribution in [0.3, 0.4) is 0 Å². The first kappa shape index (κ1) is 25.4. The first-order valence-electron chi connectivity index (χ1n) is 12.1. The van der Waals surface area contributed by atoms with Crippen LogP contribution in [-0.4, -0.2) is 52.5 Å². The highest BCUT2D eigenvalue weighted by Crippen LogP contribution is 2.57. The standard InChI is InChI=1S/C26H42O6/c1-8-16(4)23(29)31-22-20(27)17(5)30-24(21(22)28)32-26(7)12-9-11-25(6)13-10-18(15(2)3)14-19(25)26/h8,17-22,24,27-28H,2,9-14H2,1,3-7H3/b16-8+/t17-,18-,19?,20-,21-,22+,24+,25-,26-/m1/s1. The maximum atomic E-state index is 12.3. The molecule has 0 aromatic heterocycles. The minimum absolute atomic E-state index is 0.179.